The lowest BCUT2D eigenvalue weighted by Crippen LogP contribution is -2.63. The van der Waals surface area contributed by atoms with Crippen molar-refractivity contribution in [2.75, 3.05) is 0 Å². The molecule has 0 spiro atoms. The van der Waals surface area contributed by atoms with Crippen LogP contribution in [0.2, 0.25) is 0 Å². The molecular weight excluding hydrogens is 281 g/mol. The van der Waals surface area contributed by atoms with E-state index in [1.54, 1.807) is 0 Å². The molecule has 0 aromatic rings. The maximum atomic E-state index is 12.4. The molecule has 0 aliphatic carbocycles. The van der Waals surface area contributed by atoms with Crippen molar-refractivity contribution >= 4 is 0 Å². The first-order valence-corrected chi connectivity index (χ1v) is 3.62. The molecule has 104 valence electrons. The predicted molar refractivity (Wildman–Crippen MR) is 31.4 cm³/mol. The van der Waals surface area contributed by atoms with Crippen molar-refractivity contribution in [2.45, 2.75) is 31.4 Å². The summed E-state index contributed by atoms with van der Waals surface area (Å²) in [4.78, 5) is 0. The Kier molecular flexibility index (Phi) is 4.28. The van der Waals surface area contributed by atoms with E-state index in [-0.39, 0.29) is 0 Å². The van der Waals surface area contributed by atoms with Gasteiger partial charge in [-0.1, -0.05) is 0 Å². The highest BCUT2D eigenvalue weighted by Crippen LogP contribution is 2.57. The van der Waals surface area contributed by atoms with Crippen molar-refractivity contribution in [3.63, 3.8) is 0 Å². The molecule has 0 radical (unpaired) electrons. The number of halogens is 11. The van der Waals surface area contributed by atoms with Crippen molar-refractivity contribution in [3.8, 4) is 0 Å². The summed E-state index contributed by atoms with van der Waals surface area (Å²) in [6.07, 6.45) is -22.7. The third kappa shape index (κ3) is 2.15. The Labute approximate surface area is 86.4 Å². The van der Waals surface area contributed by atoms with E-state index in [4.69, 9.17) is 0 Å². The fourth-order valence-corrected chi connectivity index (χ4v) is 0.942. The minimum Gasteiger partial charge on any atom is -0.209 e. The third-order valence-electron chi connectivity index (χ3n) is 1.98. The highest BCUT2D eigenvalue weighted by Gasteiger charge is 2.81. The zero-order valence-corrected chi connectivity index (χ0v) is 7.39. The van der Waals surface area contributed by atoms with E-state index >= 15 is 0 Å². The van der Waals surface area contributed by atoms with Gasteiger partial charge < -0.3 is 0 Å². The molecule has 17 heavy (non-hydrogen) atoms. The summed E-state index contributed by atoms with van der Waals surface area (Å²) in [6, 6.07) is 0. The van der Waals surface area contributed by atoms with Crippen LogP contribution in [0.3, 0.4) is 0 Å². The van der Waals surface area contributed by atoms with E-state index in [0.29, 0.717) is 0 Å². The predicted octanol–water partition coefficient (Wildman–Crippen LogP) is 3.97. The van der Waals surface area contributed by atoms with Crippen LogP contribution < -0.4 is 0 Å². The first-order valence-electron chi connectivity index (χ1n) is 3.62. The molecule has 0 saturated heterocycles. The second-order valence-electron chi connectivity index (χ2n) is 2.91. The van der Waals surface area contributed by atoms with Gasteiger partial charge in [-0.25, -0.2) is 26.3 Å². The van der Waals surface area contributed by atoms with Crippen LogP contribution in [0.4, 0.5) is 48.3 Å². The van der Waals surface area contributed by atoms with Gasteiger partial charge in [0.2, 0.25) is 5.41 Å². The van der Waals surface area contributed by atoms with Crippen LogP contribution >= 0.6 is 0 Å². The molecule has 0 atom stereocenters. The van der Waals surface area contributed by atoms with Gasteiger partial charge in [0.15, 0.2) is 0 Å². The Morgan fingerprint density at radius 1 is 0.529 bits per heavy atom. The van der Waals surface area contributed by atoms with E-state index in [9.17, 15) is 48.3 Å². The highest BCUT2D eigenvalue weighted by molar-refractivity contribution is 5.02. The van der Waals surface area contributed by atoms with E-state index < -0.39 is 36.8 Å². The van der Waals surface area contributed by atoms with Crippen LogP contribution in [0.25, 0.3) is 0 Å². The molecule has 0 saturated carbocycles. The van der Waals surface area contributed by atoms with Crippen LogP contribution in [0.15, 0.2) is 0 Å². The first kappa shape index (κ1) is 16.2. The van der Waals surface area contributed by atoms with Crippen LogP contribution in [-0.2, 0) is 0 Å². The van der Waals surface area contributed by atoms with Gasteiger partial charge in [0, 0.05) is 0 Å². The van der Waals surface area contributed by atoms with Gasteiger partial charge in [0.25, 0.3) is 19.3 Å². The second-order valence-corrected chi connectivity index (χ2v) is 2.91. The number of hydrogen-bond acceptors (Lipinski definition) is 0. The molecule has 0 aromatic carbocycles. The maximum absolute atomic E-state index is 12.4. The Hall–Kier alpha value is -0.770. The minimum absolute atomic E-state index is 5.26. The van der Waals surface area contributed by atoms with Gasteiger partial charge in [-0.3, -0.25) is 0 Å². The summed E-state index contributed by atoms with van der Waals surface area (Å²) in [5.74, 6) is -6.93. The highest BCUT2D eigenvalue weighted by atomic mass is 19.4. The molecule has 0 aliphatic heterocycles. The molecule has 0 fully saturated rings. The maximum Gasteiger partial charge on any atom is 0.454 e. The lowest BCUT2D eigenvalue weighted by Gasteiger charge is -2.38. The summed E-state index contributed by atoms with van der Waals surface area (Å²) in [7, 11) is 0. The molecule has 0 heterocycles. The lowest BCUT2D eigenvalue weighted by atomic mass is 9.81. The van der Waals surface area contributed by atoms with Crippen LogP contribution in [0.5, 0.6) is 0 Å². The van der Waals surface area contributed by atoms with E-state index in [1.807, 2.05) is 0 Å². The average molecular weight is 284 g/mol. The van der Waals surface area contributed by atoms with Gasteiger partial charge in [0.1, 0.15) is 0 Å². The minimum atomic E-state index is -6.95. The molecule has 11 heteroatoms. The molecule has 0 aliphatic rings. The van der Waals surface area contributed by atoms with Gasteiger partial charge in [-0.05, 0) is 0 Å². The summed E-state index contributed by atoms with van der Waals surface area (Å²) < 4.78 is 132. The SMILES string of the molecule is FC(F)C(C(F)F)(C(F)F)C(F)(F)C(F)(F)F. The monoisotopic (exact) mass is 284 g/mol. The van der Waals surface area contributed by atoms with E-state index in [0.717, 1.165) is 0 Å². The average Bonchev–Trinajstić information content (AvgIpc) is 1.98. The normalized spacial score (nSPS) is 15.2. The van der Waals surface area contributed by atoms with Crippen molar-refractivity contribution in [1.29, 1.82) is 0 Å². The lowest BCUT2D eigenvalue weighted by molar-refractivity contribution is -0.386. The molecule has 0 aromatic heterocycles. The Bertz CT molecular complexity index is 229. The molecule has 0 amide bonds. The topological polar surface area (TPSA) is 0 Å². The van der Waals surface area contributed by atoms with Gasteiger partial charge in [-0.2, -0.15) is 22.0 Å². The van der Waals surface area contributed by atoms with Gasteiger partial charge in [0.05, 0.1) is 0 Å². The summed E-state index contributed by atoms with van der Waals surface area (Å²) in [5.41, 5.74) is -6.08. The van der Waals surface area contributed by atoms with Crippen molar-refractivity contribution in [2.24, 2.45) is 5.41 Å². The zero-order valence-electron chi connectivity index (χ0n) is 7.39. The standard InChI is InChI=1S/C6H3F11/c7-1(8)4(2(9)10,3(11)12)5(13,14)6(15,16)17/h1-3H. The Morgan fingerprint density at radius 3 is 0.824 bits per heavy atom. The van der Waals surface area contributed by atoms with Gasteiger partial charge in [-0.15, -0.1) is 0 Å². The zero-order chi connectivity index (χ0) is 14.2. The number of rotatable bonds is 4. The first-order chi connectivity index (χ1) is 7.33. The molecule has 0 unspecified atom stereocenters. The third-order valence-corrected chi connectivity index (χ3v) is 1.98. The van der Waals surface area contributed by atoms with Crippen molar-refractivity contribution in [1.82, 2.24) is 0 Å². The smallest absolute Gasteiger partial charge is 0.209 e. The molecule has 0 N–H and O–H groups in total. The Morgan fingerprint density at radius 2 is 0.765 bits per heavy atom. The summed E-state index contributed by atoms with van der Waals surface area (Å²) in [5, 5.41) is 0. The number of alkyl halides is 11. The quantitative estimate of drug-likeness (QED) is 0.685. The second kappa shape index (κ2) is 4.48. The van der Waals surface area contributed by atoms with E-state index in [2.05, 4.69) is 0 Å². The molecule has 0 rings (SSSR count). The van der Waals surface area contributed by atoms with Crippen LogP contribution in [-0.4, -0.2) is 31.4 Å². The van der Waals surface area contributed by atoms with Gasteiger partial charge >= 0.3 is 12.1 Å². The number of hydrogen-bond donors (Lipinski definition) is 0. The fraction of sp³-hybridized carbons (Fsp3) is 1.00. The molecule has 0 bridgehead atoms. The molecular formula is C6H3F11. The van der Waals surface area contributed by atoms with E-state index in [1.165, 1.54) is 0 Å². The van der Waals surface area contributed by atoms with Crippen molar-refractivity contribution < 1.29 is 48.3 Å². The Balaban J connectivity index is 5.95. The van der Waals surface area contributed by atoms with Crippen LogP contribution in [0, 0.1) is 5.41 Å². The largest absolute Gasteiger partial charge is 0.454 e. The molecule has 0 nitrogen and oxygen atoms in total. The summed E-state index contributed by atoms with van der Waals surface area (Å²) >= 11 is 0. The fourth-order valence-electron chi connectivity index (χ4n) is 0.942. The summed E-state index contributed by atoms with van der Waals surface area (Å²) in [6.45, 7) is 0. The van der Waals surface area contributed by atoms with Crippen LogP contribution in [0.1, 0.15) is 0 Å². The van der Waals surface area contributed by atoms with Crippen molar-refractivity contribution in [3.05, 3.63) is 0 Å².